The molecule has 3 rings (SSSR count). The normalized spacial score (nSPS) is 28.8. The van der Waals surface area contributed by atoms with Gasteiger partial charge in [-0.2, -0.15) is 0 Å². The standard InChI is InChI=1S/C14H18FNO3S/c1-19-13-5-4-11(15)8-14(13)20(17,18)16-12-7-9-2-3-10(12)6-9/h4-5,8-10,12,16H,2-3,6-7H2,1H3/t9-,10-,12+/m1/s1. The van der Waals surface area contributed by atoms with Crippen molar-refractivity contribution in [2.24, 2.45) is 11.8 Å². The Morgan fingerprint density at radius 1 is 1.30 bits per heavy atom. The minimum atomic E-state index is -3.75. The molecule has 110 valence electrons. The van der Waals surface area contributed by atoms with Crippen LogP contribution in [0.5, 0.6) is 5.75 Å². The molecule has 1 aromatic carbocycles. The van der Waals surface area contributed by atoms with Crippen molar-refractivity contribution in [2.45, 2.75) is 36.6 Å². The third kappa shape index (κ3) is 2.42. The van der Waals surface area contributed by atoms with Gasteiger partial charge in [0.25, 0.3) is 0 Å². The molecule has 2 bridgehead atoms. The van der Waals surface area contributed by atoms with Gasteiger partial charge in [0, 0.05) is 6.04 Å². The molecule has 1 aromatic rings. The smallest absolute Gasteiger partial charge is 0.244 e. The number of ether oxygens (including phenoxy) is 1. The minimum Gasteiger partial charge on any atom is -0.495 e. The van der Waals surface area contributed by atoms with E-state index >= 15 is 0 Å². The predicted molar refractivity (Wildman–Crippen MR) is 72.5 cm³/mol. The highest BCUT2D eigenvalue weighted by molar-refractivity contribution is 7.89. The summed E-state index contributed by atoms with van der Waals surface area (Å²) >= 11 is 0. The molecule has 0 heterocycles. The molecule has 1 N–H and O–H groups in total. The first kappa shape index (κ1) is 13.8. The highest BCUT2D eigenvalue weighted by Crippen LogP contribution is 2.45. The lowest BCUT2D eigenvalue weighted by molar-refractivity contribution is 0.384. The van der Waals surface area contributed by atoms with Crippen LogP contribution in [0, 0.1) is 17.7 Å². The van der Waals surface area contributed by atoms with Gasteiger partial charge in [-0.15, -0.1) is 0 Å². The van der Waals surface area contributed by atoms with Gasteiger partial charge in [0.2, 0.25) is 10.0 Å². The summed E-state index contributed by atoms with van der Waals surface area (Å²) in [5.41, 5.74) is 0. The Bertz CT molecular complexity index is 617. The zero-order chi connectivity index (χ0) is 14.3. The summed E-state index contributed by atoms with van der Waals surface area (Å²) in [6.45, 7) is 0. The maximum absolute atomic E-state index is 13.3. The molecule has 20 heavy (non-hydrogen) atoms. The molecule has 6 heteroatoms. The molecule has 2 aliphatic rings. The fourth-order valence-corrected chi connectivity index (χ4v) is 5.01. The van der Waals surface area contributed by atoms with Crippen LogP contribution in [-0.2, 0) is 10.0 Å². The van der Waals surface area contributed by atoms with Crippen molar-refractivity contribution in [3.8, 4) is 5.75 Å². The van der Waals surface area contributed by atoms with Gasteiger partial charge in [-0.25, -0.2) is 17.5 Å². The molecule has 4 nitrogen and oxygen atoms in total. The summed E-state index contributed by atoms with van der Waals surface area (Å²) < 4.78 is 46.0. The molecule has 0 spiro atoms. The Balaban J connectivity index is 1.86. The summed E-state index contributed by atoms with van der Waals surface area (Å²) in [4.78, 5) is -0.122. The van der Waals surface area contributed by atoms with Crippen molar-refractivity contribution >= 4 is 10.0 Å². The number of methoxy groups -OCH3 is 1. The highest BCUT2D eigenvalue weighted by atomic mass is 32.2. The fraction of sp³-hybridized carbons (Fsp3) is 0.571. The molecular formula is C14H18FNO3S. The van der Waals surface area contributed by atoms with E-state index in [1.165, 1.54) is 25.7 Å². The lowest BCUT2D eigenvalue weighted by atomic mass is 9.96. The molecule has 0 saturated heterocycles. The average Bonchev–Trinajstić information content (AvgIpc) is 3.00. The number of fused-ring (bicyclic) bond motifs is 2. The lowest BCUT2D eigenvalue weighted by Crippen LogP contribution is -2.38. The number of rotatable bonds is 4. The highest BCUT2D eigenvalue weighted by Gasteiger charge is 2.41. The summed E-state index contributed by atoms with van der Waals surface area (Å²) in [6, 6.07) is 3.51. The minimum absolute atomic E-state index is 0.0216. The molecule has 0 amide bonds. The average molecular weight is 299 g/mol. The van der Waals surface area contributed by atoms with Crippen LogP contribution < -0.4 is 9.46 Å². The fourth-order valence-electron chi connectivity index (χ4n) is 3.51. The van der Waals surface area contributed by atoms with Gasteiger partial charge in [-0.1, -0.05) is 6.42 Å². The molecule has 0 aliphatic heterocycles. The van der Waals surface area contributed by atoms with Crippen molar-refractivity contribution in [3.63, 3.8) is 0 Å². The van der Waals surface area contributed by atoms with Gasteiger partial charge in [-0.3, -0.25) is 0 Å². The van der Waals surface area contributed by atoms with E-state index in [9.17, 15) is 12.8 Å². The monoisotopic (exact) mass is 299 g/mol. The van der Waals surface area contributed by atoms with E-state index in [0.717, 1.165) is 25.3 Å². The Morgan fingerprint density at radius 2 is 2.10 bits per heavy atom. The summed E-state index contributed by atoms with van der Waals surface area (Å²) in [5, 5.41) is 0. The number of benzene rings is 1. The topological polar surface area (TPSA) is 55.4 Å². The maximum atomic E-state index is 13.3. The summed E-state index contributed by atoms with van der Waals surface area (Å²) in [7, 11) is -2.37. The van der Waals surface area contributed by atoms with E-state index in [2.05, 4.69) is 4.72 Å². The molecule has 0 aromatic heterocycles. The largest absolute Gasteiger partial charge is 0.495 e. The van der Waals surface area contributed by atoms with Gasteiger partial charge in [0.15, 0.2) is 0 Å². The van der Waals surface area contributed by atoms with E-state index in [1.54, 1.807) is 0 Å². The number of hydrogen-bond donors (Lipinski definition) is 1. The SMILES string of the molecule is COc1ccc(F)cc1S(=O)(=O)N[C@H]1C[C@@H]2CC[C@@H]1C2. The number of hydrogen-bond acceptors (Lipinski definition) is 3. The van der Waals surface area contributed by atoms with Crippen molar-refractivity contribution < 1.29 is 17.5 Å². The first-order valence-corrected chi connectivity index (χ1v) is 8.34. The Hall–Kier alpha value is -1.14. The van der Waals surface area contributed by atoms with Gasteiger partial charge < -0.3 is 4.74 Å². The summed E-state index contributed by atoms with van der Waals surface area (Å²) in [5.74, 6) is 0.651. The third-order valence-electron chi connectivity index (χ3n) is 4.46. The van der Waals surface area contributed by atoms with Gasteiger partial charge >= 0.3 is 0 Å². The molecule has 3 atom stereocenters. The summed E-state index contributed by atoms with van der Waals surface area (Å²) in [6.07, 6.45) is 4.28. The molecule has 2 aliphatic carbocycles. The van der Waals surface area contributed by atoms with E-state index in [0.29, 0.717) is 11.8 Å². The second-order valence-electron chi connectivity index (χ2n) is 5.70. The van der Waals surface area contributed by atoms with E-state index in [4.69, 9.17) is 4.74 Å². The van der Waals surface area contributed by atoms with E-state index in [1.807, 2.05) is 0 Å². The second kappa shape index (κ2) is 5.00. The maximum Gasteiger partial charge on any atom is 0.244 e. The van der Waals surface area contributed by atoms with Crippen LogP contribution in [0.2, 0.25) is 0 Å². The van der Waals surface area contributed by atoms with Crippen LogP contribution in [0.1, 0.15) is 25.7 Å². The van der Waals surface area contributed by atoms with Crippen LogP contribution in [0.25, 0.3) is 0 Å². The molecule has 2 saturated carbocycles. The van der Waals surface area contributed by atoms with E-state index in [-0.39, 0.29) is 16.7 Å². The van der Waals surface area contributed by atoms with Crippen molar-refractivity contribution in [3.05, 3.63) is 24.0 Å². The predicted octanol–water partition coefficient (Wildman–Crippen LogP) is 2.30. The van der Waals surface area contributed by atoms with Gasteiger partial charge in [0.05, 0.1) is 7.11 Å². The van der Waals surface area contributed by atoms with Crippen LogP contribution in [-0.4, -0.2) is 21.6 Å². The number of halogens is 1. The molecular weight excluding hydrogens is 281 g/mol. The van der Waals surface area contributed by atoms with Crippen LogP contribution in [0.3, 0.4) is 0 Å². The Kier molecular flexibility index (Phi) is 3.46. The van der Waals surface area contributed by atoms with E-state index < -0.39 is 15.8 Å². The Morgan fingerprint density at radius 3 is 2.70 bits per heavy atom. The second-order valence-corrected chi connectivity index (χ2v) is 7.38. The third-order valence-corrected chi connectivity index (χ3v) is 5.97. The molecule has 0 unspecified atom stereocenters. The number of sulfonamides is 1. The molecule has 2 fully saturated rings. The Labute approximate surface area is 118 Å². The zero-order valence-corrected chi connectivity index (χ0v) is 12.1. The van der Waals surface area contributed by atoms with Crippen LogP contribution >= 0.6 is 0 Å². The van der Waals surface area contributed by atoms with Crippen LogP contribution in [0.15, 0.2) is 23.1 Å². The first-order chi connectivity index (χ1) is 9.49. The lowest BCUT2D eigenvalue weighted by Gasteiger charge is -2.23. The van der Waals surface area contributed by atoms with Gasteiger partial charge in [0.1, 0.15) is 16.5 Å². The van der Waals surface area contributed by atoms with Gasteiger partial charge in [-0.05, 0) is 49.3 Å². The quantitative estimate of drug-likeness (QED) is 0.928. The number of nitrogens with one attached hydrogen (secondary N) is 1. The van der Waals surface area contributed by atoms with Crippen molar-refractivity contribution in [1.82, 2.24) is 4.72 Å². The van der Waals surface area contributed by atoms with Crippen molar-refractivity contribution in [2.75, 3.05) is 7.11 Å². The zero-order valence-electron chi connectivity index (χ0n) is 11.3. The van der Waals surface area contributed by atoms with Crippen LogP contribution in [0.4, 0.5) is 4.39 Å². The first-order valence-electron chi connectivity index (χ1n) is 6.85. The van der Waals surface area contributed by atoms with Crippen molar-refractivity contribution in [1.29, 1.82) is 0 Å². The molecule has 0 radical (unpaired) electrons.